The van der Waals surface area contributed by atoms with E-state index in [2.05, 4.69) is 312 Å². The Labute approximate surface area is 477 Å². The van der Waals surface area contributed by atoms with Crippen LogP contribution < -0.4 is 26.2 Å². The largest absolute Gasteiger partial charge is 0.314 e. The number of hydrogen-bond acceptors (Lipinski definition) is 4. The molecule has 0 aliphatic carbocycles. The van der Waals surface area contributed by atoms with Crippen molar-refractivity contribution in [2.45, 2.75) is 5.92 Å². The third-order valence-corrected chi connectivity index (χ3v) is 17.1. The van der Waals surface area contributed by atoms with Crippen LogP contribution in [0.25, 0.3) is 77.6 Å². The molecule has 0 amide bonds. The molecule has 2 aromatic heterocycles. The Kier molecular flexibility index (Phi) is 11.4. The number of dihydropyridines is 1. The fraction of sp³-hybridized carbons (Fsp3) is 0.0263. The standard InChI is InChI=1S/C76H52BN5/c1-7-23-51(24-8-1)57-39-41-70-66(43-57)77-67-44-58(52-25-9-2-10-26-52)40-42-71(67)82(76-64(55-31-15-5-16-32-55)49-79-50-65(76)56-33-17-6-18-34-56)73-46-59(80-68-37-21-19-35-60(68)61-36-20-22-38-69(61)80)45-72(74(73)77)81(70)75-62(53-27-11-3-12-28-53)47-78-48-63(75)54-29-13-4-14-30-54/h1-49,65H,50H2. The van der Waals surface area contributed by atoms with Gasteiger partial charge in [-0.05, 0) is 97.3 Å². The molecule has 1 atom stereocenters. The molecule has 82 heavy (non-hydrogen) atoms. The SMILES string of the molecule is C1=NCC(c2ccccc2)C(N2c3ccc(-c4ccccc4)cc3B3c4cc(-c5ccccc5)ccc4N(c4c(-c5ccccc5)cncc4-c4ccccc4)c4cc(-n5c6ccccc6c6ccccc65)cc2c43)=C1c1ccccc1. The maximum atomic E-state index is 5.26. The van der Waals surface area contributed by atoms with Gasteiger partial charge in [-0.15, -0.1) is 0 Å². The number of rotatable bonds is 9. The lowest BCUT2D eigenvalue weighted by Crippen LogP contribution is -2.62. The summed E-state index contributed by atoms with van der Waals surface area (Å²) < 4.78 is 2.50. The lowest BCUT2D eigenvalue weighted by atomic mass is 9.33. The molecule has 0 N–H and O–H groups in total. The van der Waals surface area contributed by atoms with Crippen LogP contribution in [0.15, 0.2) is 302 Å². The summed E-state index contributed by atoms with van der Waals surface area (Å²) in [4.78, 5) is 15.6. The molecule has 13 aromatic rings. The number of aromatic nitrogens is 2. The molecule has 6 heteroatoms. The van der Waals surface area contributed by atoms with E-state index in [4.69, 9.17) is 9.98 Å². The highest BCUT2D eigenvalue weighted by molar-refractivity contribution is 7.00. The van der Waals surface area contributed by atoms with Gasteiger partial charge in [-0.1, -0.05) is 243 Å². The Hall–Kier alpha value is -10.6. The van der Waals surface area contributed by atoms with Crippen molar-refractivity contribution in [1.29, 1.82) is 0 Å². The lowest BCUT2D eigenvalue weighted by Gasteiger charge is -2.47. The zero-order chi connectivity index (χ0) is 54.1. The second kappa shape index (κ2) is 19.7. The van der Waals surface area contributed by atoms with E-state index in [1.54, 1.807) is 0 Å². The summed E-state index contributed by atoms with van der Waals surface area (Å²) in [6.45, 7) is 0.382. The van der Waals surface area contributed by atoms with Crippen LogP contribution in [0, 0.1) is 0 Å². The van der Waals surface area contributed by atoms with Crippen molar-refractivity contribution in [3.8, 4) is 50.2 Å². The zero-order valence-electron chi connectivity index (χ0n) is 44.9. The predicted octanol–water partition coefficient (Wildman–Crippen LogP) is 16.9. The molecule has 16 rings (SSSR count). The van der Waals surface area contributed by atoms with Crippen LogP contribution in [0.1, 0.15) is 17.0 Å². The zero-order valence-corrected chi connectivity index (χ0v) is 44.9. The summed E-state index contributed by atoms with van der Waals surface area (Å²) in [6.07, 6.45) is 6.28. The van der Waals surface area contributed by atoms with Crippen molar-refractivity contribution in [3.05, 3.63) is 308 Å². The number of allylic oxidation sites excluding steroid dienone is 1. The molecule has 0 radical (unpaired) electrons. The third kappa shape index (κ3) is 7.71. The number of pyridine rings is 1. The van der Waals surface area contributed by atoms with Crippen molar-refractivity contribution in [2.24, 2.45) is 4.99 Å². The van der Waals surface area contributed by atoms with E-state index in [0.29, 0.717) is 6.54 Å². The van der Waals surface area contributed by atoms with Gasteiger partial charge in [0.1, 0.15) is 0 Å². The molecule has 11 aromatic carbocycles. The number of hydrogen-bond donors (Lipinski definition) is 0. The fourth-order valence-corrected chi connectivity index (χ4v) is 13.4. The third-order valence-electron chi connectivity index (χ3n) is 17.1. The Balaban J connectivity index is 1.11. The topological polar surface area (TPSA) is 36.7 Å². The molecule has 0 spiro atoms. The highest BCUT2D eigenvalue weighted by atomic mass is 15.2. The summed E-state index contributed by atoms with van der Waals surface area (Å²) in [5.41, 5.74) is 26.1. The van der Waals surface area contributed by atoms with Crippen molar-refractivity contribution in [1.82, 2.24) is 9.55 Å². The second-order valence-corrected chi connectivity index (χ2v) is 21.6. The number of para-hydroxylation sites is 2. The van der Waals surface area contributed by atoms with Gasteiger partial charge in [0.25, 0.3) is 6.71 Å². The Morgan fingerprint density at radius 1 is 0.378 bits per heavy atom. The van der Waals surface area contributed by atoms with E-state index in [1.807, 2.05) is 0 Å². The molecule has 3 aliphatic heterocycles. The van der Waals surface area contributed by atoms with Crippen LogP contribution in [-0.2, 0) is 0 Å². The monoisotopic (exact) mass is 1050 g/mol. The molecule has 384 valence electrons. The van der Waals surface area contributed by atoms with Gasteiger partial charge >= 0.3 is 0 Å². The quantitative estimate of drug-likeness (QED) is 0.135. The number of nitrogens with zero attached hydrogens (tertiary/aromatic N) is 5. The second-order valence-electron chi connectivity index (χ2n) is 21.6. The summed E-state index contributed by atoms with van der Waals surface area (Å²) in [7, 11) is 0. The predicted molar refractivity (Wildman–Crippen MR) is 344 cm³/mol. The van der Waals surface area contributed by atoms with Gasteiger partial charge in [0.05, 0.1) is 29.0 Å². The maximum Gasteiger partial charge on any atom is 0.252 e. The van der Waals surface area contributed by atoms with Crippen molar-refractivity contribution < 1.29 is 0 Å². The maximum absolute atomic E-state index is 5.26. The Bertz CT molecular complexity index is 4540. The number of anilines is 5. The van der Waals surface area contributed by atoms with Gasteiger partial charge in [0.15, 0.2) is 0 Å². The molecule has 3 aliphatic rings. The Morgan fingerprint density at radius 2 is 0.817 bits per heavy atom. The molecular formula is C76H52BN5. The molecule has 5 nitrogen and oxygen atoms in total. The van der Waals surface area contributed by atoms with Gasteiger partial charge in [0, 0.05) is 80.4 Å². The summed E-state index contributed by atoms with van der Waals surface area (Å²) >= 11 is 0. The summed E-state index contributed by atoms with van der Waals surface area (Å²) in [6, 6.07) is 103. The average Bonchev–Trinajstić information content (AvgIpc) is 1.51. The smallest absolute Gasteiger partial charge is 0.252 e. The summed E-state index contributed by atoms with van der Waals surface area (Å²) in [5.74, 6) is -0.0987. The first-order chi connectivity index (χ1) is 40.7. The van der Waals surface area contributed by atoms with Crippen molar-refractivity contribution >= 4 is 85.1 Å². The first kappa shape index (κ1) is 47.4. The summed E-state index contributed by atoms with van der Waals surface area (Å²) in [5, 5.41) is 2.42. The van der Waals surface area contributed by atoms with E-state index in [0.717, 1.165) is 84.1 Å². The number of benzene rings is 11. The minimum atomic E-state index is -0.211. The van der Waals surface area contributed by atoms with Crippen LogP contribution in [0.2, 0.25) is 0 Å². The van der Waals surface area contributed by atoms with Gasteiger partial charge in [-0.2, -0.15) is 0 Å². The molecular weight excluding hydrogens is 994 g/mol. The molecule has 0 saturated carbocycles. The van der Waals surface area contributed by atoms with Gasteiger partial charge in [0.2, 0.25) is 0 Å². The first-order valence-corrected chi connectivity index (χ1v) is 28.3. The highest BCUT2D eigenvalue weighted by Gasteiger charge is 2.47. The van der Waals surface area contributed by atoms with Crippen LogP contribution in [0.3, 0.4) is 0 Å². The van der Waals surface area contributed by atoms with Crippen LogP contribution in [0.5, 0.6) is 0 Å². The number of aliphatic imine (C=N–C) groups is 1. The van der Waals surface area contributed by atoms with Crippen molar-refractivity contribution in [2.75, 3.05) is 16.3 Å². The normalized spacial score (nSPS) is 14.2. The van der Waals surface area contributed by atoms with Crippen LogP contribution in [-0.4, -0.2) is 29.0 Å². The van der Waals surface area contributed by atoms with Crippen molar-refractivity contribution in [3.63, 3.8) is 0 Å². The van der Waals surface area contributed by atoms with Crippen LogP contribution >= 0.6 is 0 Å². The van der Waals surface area contributed by atoms with E-state index in [-0.39, 0.29) is 12.6 Å². The number of fused-ring (bicyclic) bond motifs is 7. The van der Waals surface area contributed by atoms with Gasteiger partial charge in [-0.25, -0.2) is 0 Å². The van der Waals surface area contributed by atoms with E-state index < -0.39 is 0 Å². The van der Waals surface area contributed by atoms with Gasteiger partial charge in [-0.3, -0.25) is 9.98 Å². The highest BCUT2D eigenvalue weighted by Crippen LogP contribution is 2.52. The minimum absolute atomic E-state index is 0.0987. The molecule has 0 bridgehead atoms. The van der Waals surface area contributed by atoms with E-state index in [1.165, 1.54) is 55.1 Å². The van der Waals surface area contributed by atoms with E-state index >= 15 is 0 Å². The first-order valence-electron chi connectivity index (χ1n) is 28.3. The Morgan fingerprint density at radius 3 is 1.34 bits per heavy atom. The fourth-order valence-electron chi connectivity index (χ4n) is 13.4. The van der Waals surface area contributed by atoms with E-state index in [9.17, 15) is 0 Å². The average molecular weight is 1050 g/mol. The molecule has 1 unspecified atom stereocenters. The molecule has 0 saturated heterocycles. The van der Waals surface area contributed by atoms with Gasteiger partial charge < -0.3 is 14.4 Å². The lowest BCUT2D eigenvalue weighted by molar-refractivity contribution is 0.777. The molecule has 5 heterocycles. The van der Waals surface area contributed by atoms with Crippen LogP contribution in [0.4, 0.5) is 28.4 Å². The molecule has 0 fully saturated rings. The minimum Gasteiger partial charge on any atom is -0.314 e.